The minimum atomic E-state index is -0.906. The maximum atomic E-state index is 12.8. The van der Waals surface area contributed by atoms with Crippen LogP contribution in [-0.2, 0) is 50.0 Å². The molecule has 1 fully saturated rings. The fraction of sp³-hybridized carbons (Fsp3) is 0.262. The van der Waals surface area contributed by atoms with E-state index >= 15 is 0 Å². The molecular formula is C42H41ClO6. The van der Waals surface area contributed by atoms with Gasteiger partial charge in [0.2, 0.25) is 0 Å². The van der Waals surface area contributed by atoms with Crippen LogP contribution in [0.15, 0.2) is 133 Å². The van der Waals surface area contributed by atoms with Crippen LogP contribution < -0.4 is 4.74 Å². The van der Waals surface area contributed by atoms with Crippen LogP contribution in [0.2, 0.25) is 5.02 Å². The fourth-order valence-electron chi connectivity index (χ4n) is 6.11. The van der Waals surface area contributed by atoms with E-state index < -0.39 is 30.5 Å². The SMILES string of the molecule is CCOc1ccc(Cc2cc([C@@H]3OC(C=O)[C@@H](OCc4ccccc4)C(OCc4ccccc4)[C@H]3OCc3ccccc3)ccc2Cl)cc1. The van der Waals surface area contributed by atoms with Crippen LogP contribution in [0, 0.1) is 0 Å². The lowest BCUT2D eigenvalue weighted by atomic mass is 9.89. The monoisotopic (exact) mass is 676 g/mol. The van der Waals surface area contributed by atoms with E-state index in [1.807, 2.05) is 140 Å². The van der Waals surface area contributed by atoms with Crippen molar-refractivity contribution in [3.63, 3.8) is 0 Å². The molecular weight excluding hydrogens is 636 g/mol. The highest BCUT2D eigenvalue weighted by molar-refractivity contribution is 6.31. The van der Waals surface area contributed by atoms with E-state index in [2.05, 4.69) is 0 Å². The van der Waals surface area contributed by atoms with Crippen molar-refractivity contribution in [2.75, 3.05) is 6.61 Å². The molecule has 252 valence electrons. The molecule has 0 aromatic heterocycles. The van der Waals surface area contributed by atoms with Crippen LogP contribution in [0.25, 0.3) is 0 Å². The first-order valence-corrected chi connectivity index (χ1v) is 17.1. The quantitative estimate of drug-likeness (QED) is 0.103. The standard InChI is InChI=1S/C42H41ClO6/c1-2-45-36-21-18-30(19-22-36)24-35-25-34(20-23-37(35)43)39-41(47-28-32-14-8-4-9-15-32)42(48-29-33-16-10-5-11-17-33)40(38(26-44)49-39)46-27-31-12-6-3-7-13-31/h3-23,25-26,38-42H,2,24,27-29H2,1H3/t38?,39-,40+,41-,42?/m0/s1. The number of carbonyl (C=O) groups is 1. The van der Waals surface area contributed by atoms with E-state index in [1.165, 1.54) is 0 Å². The van der Waals surface area contributed by atoms with Gasteiger partial charge >= 0.3 is 0 Å². The normalized spacial score (nSPS) is 20.5. The second kappa shape index (κ2) is 17.4. The molecule has 1 heterocycles. The molecule has 1 saturated heterocycles. The summed E-state index contributed by atoms with van der Waals surface area (Å²) in [7, 11) is 0. The van der Waals surface area contributed by atoms with Crippen molar-refractivity contribution >= 4 is 17.9 Å². The Morgan fingerprint density at radius 2 is 1.16 bits per heavy atom. The second-order valence-electron chi connectivity index (χ2n) is 12.0. The summed E-state index contributed by atoms with van der Waals surface area (Å²) in [6.07, 6.45) is -2.13. The van der Waals surface area contributed by atoms with E-state index in [0.29, 0.717) is 31.3 Å². The zero-order chi connectivity index (χ0) is 33.8. The van der Waals surface area contributed by atoms with Crippen LogP contribution in [0.3, 0.4) is 0 Å². The number of ether oxygens (including phenoxy) is 5. The molecule has 1 aliphatic heterocycles. The molecule has 5 aromatic rings. The van der Waals surface area contributed by atoms with Gasteiger partial charge in [-0.1, -0.05) is 127 Å². The van der Waals surface area contributed by atoms with Crippen LogP contribution in [0.1, 0.15) is 46.4 Å². The predicted octanol–water partition coefficient (Wildman–Crippen LogP) is 8.72. The molecule has 0 amide bonds. The molecule has 5 aromatic carbocycles. The van der Waals surface area contributed by atoms with Gasteiger partial charge in [0.1, 0.15) is 36.3 Å². The summed E-state index contributed by atoms with van der Waals surface area (Å²) in [5.41, 5.74) is 5.85. The number of rotatable bonds is 15. The van der Waals surface area contributed by atoms with Gasteiger partial charge in [-0.3, -0.25) is 0 Å². The Balaban J connectivity index is 1.34. The summed E-state index contributed by atoms with van der Waals surface area (Å²) in [4.78, 5) is 12.8. The maximum Gasteiger partial charge on any atom is 0.151 e. The Hall–Kier alpha value is -4.30. The number of carbonyl (C=O) groups excluding carboxylic acids is 1. The molecule has 0 bridgehead atoms. The Bertz CT molecular complexity index is 1730. The van der Waals surface area contributed by atoms with E-state index in [0.717, 1.165) is 45.4 Å². The first-order valence-electron chi connectivity index (χ1n) is 16.7. The van der Waals surface area contributed by atoms with Gasteiger partial charge in [-0.05, 0) is 64.9 Å². The summed E-state index contributed by atoms with van der Waals surface area (Å²) in [6.45, 7) is 3.49. The van der Waals surface area contributed by atoms with Gasteiger partial charge in [0, 0.05) is 5.02 Å². The average Bonchev–Trinajstić information content (AvgIpc) is 3.15. The summed E-state index contributed by atoms with van der Waals surface area (Å²) in [6, 6.07) is 43.7. The van der Waals surface area contributed by atoms with Gasteiger partial charge in [0.15, 0.2) is 6.29 Å². The Morgan fingerprint density at radius 1 is 0.633 bits per heavy atom. The predicted molar refractivity (Wildman–Crippen MR) is 191 cm³/mol. The average molecular weight is 677 g/mol. The van der Waals surface area contributed by atoms with Crippen LogP contribution in [0.5, 0.6) is 5.75 Å². The number of aldehydes is 1. The molecule has 0 saturated carbocycles. The lowest BCUT2D eigenvalue weighted by Gasteiger charge is -2.45. The van der Waals surface area contributed by atoms with Crippen molar-refractivity contribution in [1.29, 1.82) is 0 Å². The summed E-state index contributed by atoms with van der Waals surface area (Å²) < 4.78 is 32.2. The third-order valence-corrected chi connectivity index (χ3v) is 8.96. The van der Waals surface area contributed by atoms with Gasteiger partial charge < -0.3 is 28.5 Å². The van der Waals surface area contributed by atoms with Gasteiger partial charge in [0.05, 0.1) is 26.4 Å². The summed E-state index contributed by atoms with van der Waals surface area (Å²) in [5, 5.41) is 0.642. The molecule has 49 heavy (non-hydrogen) atoms. The number of benzene rings is 5. The third-order valence-electron chi connectivity index (χ3n) is 8.59. The zero-order valence-corrected chi connectivity index (χ0v) is 28.3. The van der Waals surface area contributed by atoms with Crippen molar-refractivity contribution in [3.05, 3.63) is 172 Å². The summed E-state index contributed by atoms with van der Waals surface area (Å²) in [5.74, 6) is 0.825. The van der Waals surface area contributed by atoms with E-state index in [1.54, 1.807) is 0 Å². The first-order chi connectivity index (χ1) is 24.1. The third kappa shape index (κ3) is 9.24. The topological polar surface area (TPSA) is 63.2 Å². The van der Waals surface area contributed by atoms with Crippen molar-refractivity contribution in [2.45, 2.75) is 63.7 Å². The minimum absolute atomic E-state index is 0.285. The lowest BCUT2D eigenvalue weighted by molar-refractivity contribution is -0.259. The minimum Gasteiger partial charge on any atom is -0.494 e. The molecule has 2 unspecified atom stereocenters. The zero-order valence-electron chi connectivity index (χ0n) is 27.5. The molecule has 0 radical (unpaired) electrons. The lowest BCUT2D eigenvalue weighted by Crippen LogP contribution is -2.57. The Morgan fingerprint density at radius 3 is 1.69 bits per heavy atom. The van der Waals surface area contributed by atoms with Crippen LogP contribution >= 0.6 is 11.6 Å². The second-order valence-corrected chi connectivity index (χ2v) is 12.5. The maximum absolute atomic E-state index is 12.8. The molecule has 7 heteroatoms. The van der Waals surface area contributed by atoms with E-state index in [4.69, 9.17) is 35.3 Å². The molecule has 0 spiro atoms. The van der Waals surface area contributed by atoms with Crippen LogP contribution in [0.4, 0.5) is 0 Å². The van der Waals surface area contributed by atoms with Gasteiger partial charge in [-0.25, -0.2) is 0 Å². The van der Waals surface area contributed by atoms with E-state index in [9.17, 15) is 4.79 Å². The van der Waals surface area contributed by atoms with Crippen molar-refractivity contribution in [3.8, 4) is 5.75 Å². The number of hydrogen-bond acceptors (Lipinski definition) is 6. The molecule has 0 aliphatic carbocycles. The largest absolute Gasteiger partial charge is 0.494 e. The van der Waals surface area contributed by atoms with Crippen LogP contribution in [-0.4, -0.2) is 37.3 Å². The van der Waals surface area contributed by atoms with Crippen molar-refractivity contribution in [1.82, 2.24) is 0 Å². The van der Waals surface area contributed by atoms with Crippen molar-refractivity contribution in [2.24, 2.45) is 0 Å². The van der Waals surface area contributed by atoms with Gasteiger partial charge in [-0.2, -0.15) is 0 Å². The highest BCUT2D eigenvalue weighted by Crippen LogP contribution is 2.39. The molecule has 5 atom stereocenters. The summed E-state index contributed by atoms with van der Waals surface area (Å²) >= 11 is 6.77. The number of halogens is 1. The Labute approximate surface area is 293 Å². The molecule has 6 rings (SSSR count). The highest BCUT2D eigenvalue weighted by Gasteiger charge is 2.49. The highest BCUT2D eigenvalue weighted by atomic mass is 35.5. The molecule has 6 nitrogen and oxygen atoms in total. The van der Waals surface area contributed by atoms with E-state index in [-0.39, 0.29) is 6.61 Å². The smallest absolute Gasteiger partial charge is 0.151 e. The Kier molecular flexibility index (Phi) is 12.3. The number of hydrogen-bond donors (Lipinski definition) is 0. The van der Waals surface area contributed by atoms with Crippen molar-refractivity contribution < 1.29 is 28.5 Å². The molecule has 1 aliphatic rings. The fourth-order valence-corrected chi connectivity index (χ4v) is 6.29. The first kappa shape index (κ1) is 34.6. The van der Waals surface area contributed by atoms with Gasteiger partial charge in [-0.15, -0.1) is 0 Å². The molecule has 0 N–H and O–H groups in total. The van der Waals surface area contributed by atoms with Gasteiger partial charge in [0.25, 0.3) is 0 Å².